The fourth-order valence-corrected chi connectivity index (χ4v) is 2.87. The van der Waals surface area contributed by atoms with Gasteiger partial charge in [-0.25, -0.2) is 9.79 Å². The number of nitrogens with zero attached hydrogens (tertiary/aromatic N) is 3. The molecule has 0 N–H and O–H groups in total. The zero-order valence-corrected chi connectivity index (χ0v) is 15.2. The Morgan fingerprint density at radius 1 is 1.07 bits per heavy atom. The van der Waals surface area contributed by atoms with Crippen LogP contribution in [0.4, 0.5) is 11.4 Å². The lowest BCUT2D eigenvalue weighted by molar-refractivity contribution is -0.385. The normalized spacial score (nSPS) is 15.7. The van der Waals surface area contributed by atoms with Crippen LogP contribution in [0.5, 0.6) is 17.2 Å². The monoisotopic (exact) mass is 413 g/mol. The number of carbonyl (C=O) groups is 1. The average molecular weight is 413 g/mol. The van der Waals surface area contributed by atoms with Gasteiger partial charge < -0.3 is 18.9 Å². The second-order valence-corrected chi connectivity index (χ2v) is 6.00. The predicted molar refractivity (Wildman–Crippen MR) is 99.5 cm³/mol. The molecule has 2 aliphatic rings. The van der Waals surface area contributed by atoms with Crippen molar-refractivity contribution in [2.45, 2.75) is 0 Å². The zero-order valence-electron chi connectivity index (χ0n) is 15.2. The Labute approximate surface area is 167 Å². The van der Waals surface area contributed by atoms with Crippen molar-refractivity contribution in [1.82, 2.24) is 0 Å². The van der Waals surface area contributed by atoms with Crippen LogP contribution in [0.25, 0.3) is 6.08 Å². The number of benzene rings is 2. The maximum atomic E-state index is 12.2. The summed E-state index contributed by atoms with van der Waals surface area (Å²) in [6.45, 7) is -0.0763. The summed E-state index contributed by atoms with van der Waals surface area (Å²) in [5.74, 6) is -0.516. The number of aliphatic imine (C=N–C) groups is 1. The molecular formula is C18H11N3O9. The van der Waals surface area contributed by atoms with Gasteiger partial charge >= 0.3 is 11.7 Å². The molecule has 0 spiro atoms. The molecule has 0 bridgehead atoms. The van der Waals surface area contributed by atoms with Gasteiger partial charge in [0.2, 0.25) is 12.7 Å². The highest BCUT2D eigenvalue weighted by Gasteiger charge is 2.29. The van der Waals surface area contributed by atoms with Crippen molar-refractivity contribution in [2.75, 3.05) is 13.9 Å². The van der Waals surface area contributed by atoms with Gasteiger partial charge in [0.25, 0.3) is 5.69 Å². The van der Waals surface area contributed by atoms with Crippen LogP contribution in [0.2, 0.25) is 0 Å². The Morgan fingerprint density at radius 2 is 1.77 bits per heavy atom. The molecule has 12 heteroatoms. The molecule has 2 aromatic rings. The number of carbonyl (C=O) groups excluding carboxylic acids is 1. The van der Waals surface area contributed by atoms with Gasteiger partial charge in [0, 0.05) is 11.6 Å². The molecule has 0 aliphatic carbocycles. The first-order valence-corrected chi connectivity index (χ1v) is 8.31. The van der Waals surface area contributed by atoms with Crippen molar-refractivity contribution in [3.63, 3.8) is 0 Å². The van der Waals surface area contributed by atoms with Gasteiger partial charge in [-0.05, 0) is 24.3 Å². The van der Waals surface area contributed by atoms with Crippen LogP contribution in [-0.4, -0.2) is 35.6 Å². The third-order valence-corrected chi connectivity index (χ3v) is 4.25. The van der Waals surface area contributed by atoms with Crippen molar-refractivity contribution in [3.8, 4) is 17.2 Å². The van der Waals surface area contributed by atoms with E-state index < -0.39 is 15.8 Å². The van der Waals surface area contributed by atoms with E-state index in [0.717, 1.165) is 6.07 Å². The summed E-state index contributed by atoms with van der Waals surface area (Å²) in [5, 5.41) is 22.6. The molecular weight excluding hydrogens is 402 g/mol. The quantitative estimate of drug-likeness (QED) is 0.311. The lowest BCUT2D eigenvalue weighted by Gasteiger charge is -2.03. The van der Waals surface area contributed by atoms with Crippen LogP contribution in [-0.2, 0) is 9.53 Å². The SMILES string of the molecule is COc1ccc(C2=N/C(=C/c3cc4c(cc3[N+](=O)[O-])OCO4)C(=O)O2)cc1[N+](=O)[O-]. The molecule has 0 amide bonds. The molecule has 0 aromatic heterocycles. The minimum atomic E-state index is -0.865. The minimum Gasteiger partial charge on any atom is -0.490 e. The van der Waals surface area contributed by atoms with Crippen LogP contribution >= 0.6 is 0 Å². The summed E-state index contributed by atoms with van der Waals surface area (Å²) in [5.41, 5.74) is -0.646. The lowest BCUT2D eigenvalue weighted by atomic mass is 10.1. The maximum Gasteiger partial charge on any atom is 0.363 e. The first kappa shape index (κ1) is 18.9. The summed E-state index contributed by atoms with van der Waals surface area (Å²) in [6, 6.07) is 6.47. The molecule has 0 unspecified atom stereocenters. The third-order valence-electron chi connectivity index (χ3n) is 4.25. The van der Waals surface area contributed by atoms with E-state index in [-0.39, 0.29) is 58.1 Å². The molecule has 2 aromatic carbocycles. The second kappa shape index (κ2) is 7.16. The molecule has 2 heterocycles. The maximum absolute atomic E-state index is 12.2. The van der Waals surface area contributed by atoms with E-state index in [1.54, 1.807) is 0 Å². The van der Waals surface area contributed by atoms with Crippen LogP contribution < -0.4 is 14.2 Å². The molecule has 0 atom stereocenters. The number of fused-ring (bicyclic) bond motifs is 1. The number of cyclic esters (lactones) is 1. The number of methoxy groups -OCH3 is 1. The van der Waals surface area contributed by atoms with E-state index in [2.05, 4.69) is 4.99 Å². The fourth-order valence-electron chi connectivity index (χ4n) is 2.87. The highest BCUT2D eigenvalue weighted by atomic mass is 16.7. The van der Waals surface area contributed by atoms with Gasteiger partial charge in [0.15, 0.2) is 22.9 Å². The van der Waals surface area contributed by atoms with Gasteiger partial charge in [-0.3, -0.25) is 20.2 Å². The van der Waals surface area contributed by atoms with Crippen LogP contribution in [0, 0.1) is 20.2 Å². The summed E-state index contributed by atoms with van der Waals surface area (Å²) >= 11 is 0. The van der Waals surface area contributed by atoms with Gasteiger partial charge in [-0.1, -0.05) is 0 Å². The molecule has 0 fully saturated rings. The minimum absolute atomic E-state index is 0.0282. The predicted octanol–water partition coefficient (Wildman–Crippen LogP) is 2.58. The Morgan fingerprint density at radius 3 is 2.43 bits per heavy atom. The summed E-state index contributed by atoms with van der Waals surface area (Å²) in [4.78, 5) is 37.6. The summed E-state index contributed by atoms with van der Waals surface area (Å²) in [6.07, 6.45) is 1.17. The average Bonchev–Trinajstić information content (AvgIpc) is 3.32. The van der Waals surface area contributed by atoms with Crippen molar-refractivity contribution >= 4 is 29.3 Å². The Kier molecular flexibility index (Phi) is 4.50. The summed E-state index contributed by atoms with van der Waals surface area (Å²) in [7, 11) is 1.29. The number of rotatable bonds is 5. The topological polar surface area (TPSA) is 153 Å². The largest absolute Gasteiger partial charge is 0.490 e. The highest BCUT2D eigenvalue weighted by Crippen LogP contribution is 2.39. The van der Waals surface area contributed by atoms with Crippen LogP contribution in [0.1, 0.15) is 11.1 Å². The number of nitro groups is 2. The molecule has 30 heavy (non-hydrogen) atoms. The van der Waals surface area contributed by atoms with Crippen LogP contribution in [0.3, 0.4) is 0 Å². The van der Waals surface area contributed by atoms with Crippen LogP contribution in [0.15, 0.2) is 41.0 Å². The first-order chi connectivity index (χ1) is 14.4. The van der Waals surface area contributed by atoms with E-state index in [9.17, 15) is 25.0 Å². The molecule has 0 saturated heterocycles. The molecule has 4 rings (SSSR count). The van der Waals surface area contributed by atoms with E-state index >= 15 is 0 Å². The van der Waals surface area contributed by atoms with Gasteiger partial charge in [0.1, 0.15) is 0 Å². The zero-order chi connectivity index (χ0) is 21.4. The number of esters is 1. The number of ether oxygens (including phenoxy) is 4. The molecule has 0 radical (unpaired) electrons. The Balaban J connectivity index is 1.75. The van der Waals surface area contributed by atoms with Crippen molar-refractivity contribution in [1.29, 1.82) is 0 Å². The van der Waals surface area contributed by atoms with Gasteiger partial charge in [-0.2, -0.15) is 0 Å². The van der Waals surface area contributed by atoms with Crippen molar-refractivity contribution < 1.29 is 33.6 Å². The summed E-state index contributed by atoms with van der Waals surface area (Å²) < 4.78 is 20.4. The van der Waals surface area contributed by atoms with Gasteiger partial charge in [-0.15, -0.1) is 0 Å². The third kappa shape index (κ3) is 3.26. The highest BCUT2D eigenvalue weighted by molar-refractivity contribution is 6.13. The van der Waals surface area contributed by atoms with Gasteiger partial charge in [0.05, 0.1) is 28.6 Å². The number of nitro benzene ring substituents is 2. The second-order valence-electron chi connectivity index (χ2n) is 6.00. The smallest absolute Gasteiger partial charge is 0.363 e. The van der Waals surface area contributed by atoms with E-state index in [4.69, 9.17) is 18.9 Å². The Bertz CT molecular complexity index is 1170. The van der Waals surface area contributed by atoms with Crippen molar-refractivity contribution in [3.05, 3.63) is 67.4 Å². The van der Waals surface area contributed by atoms with E-state index in [0.29, 0.717) is 0 Å². The number of hydrogen-bond donors (Lipinski definition) is 0. The fraction of sp³-hybridized carbons (Fsp3) is 0.111. The lowest BCUT2D eigenvalue weighted by Crippen LogP contribution is -2.06. The standard InChI is InChI=1S/C18H11N3O9/c1-27-14-3-2-9(5-13(14)21(25)26)17-19-11(18(22)30-17)4-10-6-15-16(29-8-28-15)7-12(10)20(23)24/h2-7H,8H2,1H3/b11-4+. The molecule has 12 nitrogen and oxygen atoms in total. The number of hydrogen-bond acceptors (Lipinski definition) is 10. The first-order valence-electron chi connectivity index (χ1n) is 8.31. The van der Waals surface area contributed by atoms with Crippen molar-refractivity contribution in [2.24, 2.45) is 4.99 Å². The molecule has 2 aliphatic heterocycles. The molecule has 152 valence electrons. The van der Waals surface area contributed by atoms with E-state index in [1.807, 2.05) is 0 Å². The molecule has 0 saturated carbocycles. The van der Waals surface area contributed by atoms with E-state index in [1.165, 1.54) is 37.5 Å². The Hall–Kier alpha value is -4.48.